The van der Waals surface area contributed by atoms with Gasteiger partial charge in [-0.15, -0.1) is 0 Å². The van der Waals surface area contributed by atoms with Crippen molar-refractivity contribution in [2.24, 2.45) is 17.8 Å². The smallest absolute Gasteiger partial charge is 0.308 e. The maximum absolute atomic E-state index is 12.1. The van der Waals surface area contributed by atoms with Crippen LogP contribution in [0.5, 0.6) is 0 Å². The summed E-state index contributed by atoms with van der Waals surface area (Å²) in [5.74, 6) is -0.523. The predicted molar refractivity (Wildman–Crippen MR) is 62.0 cm³/mol. The van der Waals surface area contributed by atoms with Crippen molar-refractivity contribution >= 4 is 11.9 Å². The van der Waals surface area contributed by atoms with Crippen LogP contribution in [0.2, 0.25) is 0 Å². The fourth-order valence-corrected chi connectivity index (χ4v) is 2.81. The Kier molecular flexibility index (Phi) is 2.61. The molecule has 0 spiro atoms. The van der Waals surface area contributed by atoms with Gasteiger partial charge in [-0.05, 0) is 36.8 Å². The first-order chi connectivity index (χ1) is 8.66. The molecule has 0 unspecified atom stereocenters. The molecule has 5 heteroatoms. The molecule has 2 heterocycles. The molecule has 1 amide bonds. The number of carboxylic acids is 1. The van der Waals surface area contributed by atoms with Crippen molar-refractivity contribution in [3.63, 3.8) is 0 Å². The lowest BCUT2D eigenvalue weighted by Gasteiger charge is -2.14. The number of carboxylic acid groups (broad SMARTS) is 1. The molecule has 0 bridgehead atoms. The maximum Gasteiger partial charge on any atom is 0.308 e. The molecule has 1 saturated heterocycles. The normalized spacial score (nSPS) is 27.4. The first kappa shape index (κ1) is 11.3. The van der Waals surface area contributed by atoms with Crippen LogP contribution in [0.25, 0.3) is 0 Å². The Labute approximate surface area is 104 Å². The molecular weight excluding hydrogens is 234 g/mol. The van der Waals surface area contributed by atoms with Gasteiger partial charge in [-0.3, -0.25) is 9.59 Å². The maximum atomic E-state index is 12.1. The van der Waals surface area contributed by atoms with E-state index in [1.165, 1.54) is 6.26 Å². The summed E-state index contributed by atoms with van der Waals surface area (Å²) in [4.78, 5) is 25.0. The topological polar surface area (TPSA) is 70.8 Å². The molecule has 2 atom stereocenters. The fraction of sp³-hybridized carbons (Fsp3) is 0.538. The van der Waals surface area contributed by atoms with Gasteiger partial charge < -0.3 is 14.4 Å². The number of hydrogen-bond acceptors (Lipinski definition) is 3. The standard InChI is InChI=1S/C13H15NO4/c15-12(11-2-1-5-18-11)14-6-9(8-3-4-8)10(7-14)13(16)17/h1-2,5,8-10H,3-4,6-7H2,(H,16,17)/t9-,10+/m1/s1. The Morgan fingerprint density at radius 3 is 2.67 bits per heavy atom. The minimum absolute atomic E-state index is 0.112. The average molecular weight is 249 g/mol. The van der Waals surface area contributed by atoms with E-state index in [0.29, 0.717) is 19.0 Å². The molecule has 2 aliphatic rings. The van der Waals surface area contributed by atoms with Crippen LogP contribution in [0.3, 0.4) is 0 Å². The molecule has 0 aromatic carbocycles. The van der Waals surface area contributed by atoms with E-state index in [9.17, 15) is 14.7 Å². The molecule has 1 aliphatic heterocycles. The van der Waals surface area contributed by atoms with Gasteiger partial charge in [0.05, 0.1) is 12.2 Å². The zero-order chi connectivity index (χ0) is 12.7. The average Bonchev–Trinajstić information content (AvgIpc) is 2.91. The number of amides is 1. The van der Waals surface area contributed by atoms with Crippen LogP contribution in [0.1, 0.15) is 23.4 Å². The Balaban J connectivity index is 1.75. The highest BCUT2D eigenvalue weighted by molar-refractivity contribution is 5.92. The minimum atomic E-state index is -0.790. The van der Waals surface area contributed by atoms with E-state index in [1.54, 1.807) is 17.0 Å². The quantitative estimate of drug-likeness (QED) is 0.880. The van der Waals surface area contributed by atoms with Crippen molar-refractivity contribution in [1.82, 2.24) is 4.90 Å². The van der Waals surface area contributed by atoms with Crippen molar-refractivity contribution in [2.75, 3.05) is 13.1 Å². The van der Waals surface area contributed by atoms with Crippen molar-refractivity contribution < 1.29 is 19.1 Å². The zero-order valence-electron chi connectivity index (χ0n) is 9.91. The zero-order valence-corrected chi connectivity index (χ0v) is 9.91. The summed E-state index contributed by atoms with van der Waals surface area (Å²) in [6, 6.07) is 3.28. The summed E-state index contributed by atoms with van der Waals surface area (Å²) in [6.07, 6.45) is 3.64. The second-order valence-electron chi connectivity index (χ2n) is 5.13. The van der Waals surface area contributed by atoms with E-state index >= 15 is 0 Å². The lowest BCUT2D eigenvalue weighted by atomic mass is 9.92. The summed E-state index contributed by atoms with van der Waals surface area (Å²) in [5, 5.41) is 9.23. The van der Waals surface area contributed by atoms with Gasteiger partial charge in [0.25, 0.3) is 5.91 Å². The van der Waals surface area contributed by atoms with E-state index in [1.807, 2.05) is 0 Å². The largest absolute Gasteiger partial charge is 0.481 e. The van der Waals surface area contributed by atoms with E-state index < -0.39 is 11.9 Å². The molecule has 1 saturated carbocycles. The number of rotatable bonds is 3. The third-order valence-electron chi connectivity index (χ3n) is 3.93. The Morgan fingerprint density at radius 1 is 1.33 bits per heavy atom. The molecular formula is C13H15NO4. The van der Waals surface area contributed by atoms with Crippen LogP contribution in [-0.2, 0) is 4.79 Å². The Bertz CT molecular complexity index is 463. The van der Waals surface area contributed by atoms with Crippen LogP contribution in [0.4, 0.5) is 0 Å². The number of hydrogen-bond donors (Lipinski definition) is 1. The summed E-state index contributed by atoms with van der Waals surface area (Å²) in [6.45, 7) is 0.844. The molecule has 1 aliphatic carbocycles. The van der Waals surface area contributed by atoms with Crippen molar-refractivity contribution in [3.8, 4) is 0 Å². The van der Waals surface area contributed by atoms with Crippen molar-refractivity contribution in [2.45, 2.75) is 12.8 Å². The number of likely N-dealkylation sites (tertiary alicyclic amines) is 1. The summed E-state index contributed by atoms with van der Waals surface area (Å²) in [7, 11) is 0. The summed E-state index contributed by atoms with van der Waals surface area (Å²) < 4.78 is 5.08. The monoisotopic (exact) mass is 249 g/mol. The SMILES string of the molecule is O=C(O)[C@H]1CN(C(=O)c2ccco2)C[C@@H]1C1CC1. The third-order valence-corrected chi connectivity index (χ3v) is 3.93. The van der Waals surface area contributed by atoms with Crippen molar-refractivity contribution in [3.05, 3.63) is 24.2 Å². The van der Waals surface area contributed by atoms with Crippen LogP contribution in [0, 0.1) is 17.8 Å². The van der Waals surface area contributed by atoms with Gasteiger partial charge in [-0.2, -0.15) is 0 Å². The van der Waals surface area contributed by atoms with Gasteiger partial charge in [-0.1, -0.05) is 0 Å². The molecule has 3 rings (SSSR count). The van der Waals surface area contributed by atoms with Crippen LogP contribution in [-0.4, -0.2) is 35.0 Å². The van der Waals surface area contributed by atoms with E-state index in [-0.39, 0.29) is 17.6 Å². The first-order valence-electron chi connectivity index (χ1n) is 6.22. The number of carbonyl (C=O) groups excluding carboxylic acids is 1. The molecule has 2 fully saturated rings. The highest BCUT2D eigenvalue weighted by Gasteiger charge is 2.47. The van der Waals surface area contributed by atoms with Gasteiger partial charge >= 0.3 is 5.97 Å². The molecule has 5 nitrogen and oxygen atoms in total. The highest BCUT2D eigenvalue weighted by Crippen LogP contribution is 2.44. The molecule has 18 heavy (non-hydrogen) atoms. The fourth-order valence-electron chi connectivity index (χ4n) is 2.81. The summed E-state index contributed by atoms with van der Waals surface area (Å²) in [5.41, 5.74) is 0. The lowest BCUT2D eigenvalue weighted by Crippen LogP contribution is -2.29. The predicted octanol–water partition coefficient (Wildman–Crippen LogP) is 1.46. The number of aliphatic carboxylic acids is 1. The van der Waals surface area contributed by atoms with Gasteiger partial charge in [0.2, 0.25) is 0 Å². The second kappa shape index (κ2) is 4.15. The van der Waals surface area contributed by atoms with E-state index in [0.717, 1.165) is 12.8 Å². The highest BCUT2D eigenvalue weighted by atomic mass is 16.4. The Morgan fingerprint density at radius 2 is 2.11 bits per heavy atom. The number of nitrogens with zero attached hydrogens (tertiary/aromatic N) is 1. The summed E-state index contributed by atoms with van der Waals surface area (Å²) >= 11 is 0. The molecule has 0 radical (unpaired) electrons. The van der Waals surface area contributed by atoms with Gasteiger partial charge in [0, 0.05) is 13.1 Å². The van der Waals surface area contributed by atoms with Crippen LogP contribution in [0.15, 0.2) is 22.8 Å². The number of carbonyl (C=O) groups is 2. The van der Waals surface area contributed by atoms with Crippen molar-refractivity contribution in [1.29, 1.82) is 0 Å². The lowest BCUT2D eigenvalue weighted by molar-refractivity contribution is -0.142. The van der Waals surface area contributed by atoms with Gasteiger partial charge in [0.1, 0.15) is 0 Å². The van der Waals surface area contributed by atoms with Gasteiger partial charge in [0.15, 0.2) is 5.76 Å². The first-order valence-corrected chi connectivity index (χ1v) is 6.22. The number of furan rings is 1. The third kappa shape index (κ3) is 1.89. The minimum Gasteiger partial charge on any atom is -0.481 e. The van der Waals surface area contributed by atoms with Gasteiger partial charge in [-0.25, -0.2) is 0 Å². The molecule has 1 aromatic rings. The molecule has 96 valence electrons. The van der Waals surface area contributed by atoms with Crippen LogP contribution >= 0.6 is 0 Å². The van der Waals surface area contributed by atoms with E-state index in [2.05, 4.69) is 0 Å². The molecule has 1 N–H and O–H groups in total. The van der Waals surface area contributed by atoms with E-state index in [4.69, 9.17) is 4.42 Å². The molecule has 1 aromatic heterocycles. The Hall–Kier alpha value is -1.78. The van der Waals surface area contributed by atoms with Crippen LogP contribution < -0.4 is 0 Å². The second-order valence-corrected chi connectivity index (χ2v) is 5.13.